The zero-order valence-electron chi connectivity index (χ0n) is 9.65. The summed E-state index contributed by atoms with van der Waals surface area (Å²) in [5.41, 5.74) is -0.316. The number of fused-ring (bicyclic) bond motifs is 1. The van der Waals surface area contributed by atoms with Crippen molar-refractivity contribution < 1.29 is 14.9 Å². The van der Waals surface area contributed by atoms with Gasteiger partial charge in [0.1, 0.15) is 29.8 Å². The number of nitrogens with zero attached hydrogens (tertiary/aromatic N) is 3. The molecule has 0 aromatic heterocycles. The second-order valence-electron chi connectivity index (χ2n) is 4.30. The molecule has 94 valence electrons. The maximum atomic E-state index is 9.97. The van der Waals surface area contributed by atoms with E-state index in [4.69, 9.17) is 10.00 Å². The van der Waals surface area contributed by atoms with Gasteiger partial charge in [0, 0.05) is 14.1 Å². The molecule has 0 aromatic carbocycles. The van der Waals surface area contributed by atoms with Gasteiger partial charge in [-0.3, -0.25) is 4.99 Å². The molecule has 1 saturated heterocycles. The molecule has 0 aromatic rings. The first-order chi connectivity index (χ1) is 8.04. The van der Waals surface area contributed by atoms with Crippen molar-refractivity contribution >= 4 is 16.9 Å². The first-order valence-corrected chi connectivity index (χ1v) is 6.23. The lowest BCUT2D eigenvalue weighted by atomic mass is 9.97. The fourth-order valence-corrected chi connectivity index (χ4v) is 3.05. The first kappa shape index (κ1) is 12.6. The highest BCUT2D eigenvalue weighted by Crippen LogP contribution is 2.37. The van der Waals surface area contributed by atoms with Crippen molar-refractivity contribution in [1.82, 2.24) is 4.90 Å². The van der Waals surface area contributed by atoms with E-state index in [-0.39, 0.29) is 11.9 Å². The Bertz CT molecular complexity index is 368. The maximum Gasteiger partial charge on any atom is 0.161 e. The summed E-state index contributed by atoms with van der Waals surface area (Å²) in [6.07, 6.45) is -2.60. The molecule has 2 aliphatic rings. The fraction of sp³-hybridized carbons (Fsp3) is 0.800. The number of hydrogen-bond acceptors (Lipinski definition) is 7. The number of hydrogen-bond donors (Lipinski definition) is 2. The summed E-state index contributed by atoms with van der Waals surface area (Å²) in [7, 11) is 3.72. The molecule has 0 radical (unpaired) electrons. The highest BCUT2D eigenvalue weighted by atomic mass is 32.2. The Morgan fingerprint density at radius 3 is 2.76 bits per heavy atom. The van der Waals surface area contributed by atoms with Crippen LogP contribution in [0, 0.1) is 11.3 Å². The van der Waals surface area contributed by atoms with Crippen LogP contribution in [0.5, 0.6) is 0 Å². The smallest absolute Gasteiger partial charge is 0.161 e. The van der Waals surface area contributed by atoms with Crippen LogP contribution < -0.4 is 0 Å². The molecule has 2 aliphatic heterocycles. The molecule has 0 saturated carbocycles. The summed E-state index contributed by atoms with van der Waals surface area (Å²) in [4.78, 5) is 6.16. The van der Waals surface area contributed by atoms with Crippen LogP contribution in [0.2, 0.25) is 0 Å². The topological polar surface area (TPSA) is 89.1 Å². The minimum absolute atomic E-state index is 0.0688. The quantitative estimate of drug-likeness (QED) is 0.651. The summed E-state index contributed by atoms with van der Waals surface area (Å²) in [5, 5.41) is 29.2. The average molecular weight is 257 g/mol. The van der Waals surface area contributed by atoms with Crippen molar-refractivity contribution in [2.24, 2.45) is 4.99 Å². The standard InChI is InChI=1S/C10H15N3O3S/c1-13(2)10-12-6-8(15)7(14)5(3-4-11)16-9(6)17-10/h5-9,14-15H,3H2,1-2H3/t5-,6+,7-,8-,9+/m1/s1. The van der Waals surface area contributed by atoms with E-state index in [0.29, 0.717) is 0 Å². The molecular formula is C10H15N3O3S. The van der Waals surface area contributed by atoms with Gasteiger partial charge >= 0.3 is 0 Å². The number of aliphatic imine (C=N–C) groups is 1. The lowest BCUT2D eigenvalue weighted by Gasteiger charge is -2.37. The molecule has 17 heavy (non-hydrogen) atoms. The first-order valence-electron chi connectivity index (χ1n) is 5.35. The van der Waals surface area contributed by atoms with Crippen molar-refractivity contribution in [2.45, 2.75) is 36.2 Å². The monoisotopic (exact) mass is 257 g/mol. The molecule has 0 bridgehead atoms. The van der Waals surface area contributed by atoms with Gasteiger partial charge in [-0.1, -0.05) is 11.8 Å². The van der Waals surface area contributed by atoms with E-state index in [1.54, 1.807) is 0 Å². The lowest BCUT2D eigenvalue weighted by Crippen LogP contribution is -2.54. The fourth-order valence-electron chi connectivity index (χ4n) is 1.89. The van der Waals surface area contributed by atoms with E-state index >= 15 is 0 Å². The number of nitriles is 1. The summed E-state index contributed by atoms with van der Waals surface area (Å²) in [5.74, 6) is 0. The number of amidine groups is 1. The molecule has 2 rings (SSSR count). The molecule has 0 spiro atoms. The summed E-state index contributed by atoms with van der Waals surface area (Å²) < 4.78 is 5.60. The summed E-state index contributed by atoms with van der Waals surface area (Å²) in [6, 6.07) is 1.49. The van der Waals surface area contributed by atoms with E-state index in [9.17, 15) is 10.2 Å². The number of aliphatic hydroxyl groups excluding tert-OH is 2. The van der Waals surface area contributed by atoms with E-state index < -0.39 is 24.4 Å². The van der Waals surface area contributed by atoms with Gasteiger partial charge in [0.25, 0.3) is 0 Å². The van der Waals surface area contributed by atoms with Crippen LogP contribution in [0.15, 0.2) is 4.99 Å². The van der Waals surface area contributed by atoms with Crippen LogP contribution in [-0.4, -0.2) is 64.2 Å². The third-order valence-corrected chi connectivity index (χ3v) is 4.13. The molecule has 5 atom stereocenters. The van der Waals surface area contributed by atoms with Crippen LogP contribution in [0.4, 0.5) is 0 Å². The Morgan fingerprint density at radius 2 is 2.18 bits per heavy atom. The van der Waals surface area contributed by atoms with Crippen molar-refractivity contribution in [3.63, 3.8) is 0 Å². The predicted molar refractivity (Wildman–Crippen MR) is 63.4 cm³/mol. The van der Waals surface area contributed by atoms with Crippen LogP contribution in [0.1, 0.15) is 6.42 Å². The Kier molecular flexibility index (Phi) is 3.58. The summed E-state index contributed by atoms with van der Waals surface area (Å²) >= 11 is 1.41. The predicted octanol–water partition coefficient (Wildman–Crippen LogP) is -0.620. The van der Waals surface area contributed by atoms with Crippen LogP contribution >= 0.6 is 11.8 Å². The molecule has 1 fully saturated rings. The molecule has 0 aliphatic carbocycles. The van der Waals surface area contributed by atoms with Crippen molar-refractivity contribution in [1.29, 1.82) is 5.26 Å². The van der Waals surface area contributed by atoms with Crippen LogP contribution in [-0.2, 0) is 4.74 Å². The molecule has 2 heterocycles. The molecule has 0 amide bonds. The second kappa shape index (κ2) is 4.82. The van der Waals surface area contributed by atoms with Gasteiger partial charge in [-0.05, 0) is 0 Å². The van der Waals surface area contributed by atoms with Gasteiger partial charge in [-0.25, -0.2) is 0 Å². The Labute approximate surface area is 104 Å². The highest BCUT2D eigenvalue weighted by molar-refractivity contribution is 8.14. The van der Waals surface area contributed by atoms with Crippen molar-refractivity contribution in [3.8, 4) is 6.07 Å². The van der Waals surface area contributed by atoms with E-state index in [1.165, 1.54) is 11.8 Å². The van der Waals surface area contributed by atoms with Gasteiger partial charge in [-0.15, -0.1) is 0 Å². The van der Waals surface area contributed by atoms with Crippen LogP contribution in [0.3, 0.4) is 0 Å². The zero-order chi connectivity index (χ0) is 12.6. The Hall–Kier alpha value is -0.810. The maximum absolute atomic E-state index is 9.97. The molecule has 6 nitrogen and oxygen atoms in total. The van der Waals surface area contributed by atoms with E-state index in [0.717, 1.165) is 5.17 Å². The number of rotatable bonds is 1. The van der Waals surface area contributed by atoms with Crippen molar-refractivity contribution in [2.75, 3.05) is 14.1 Å². The van der Waals surface area contributed by atoms with Gasteiger partial charge in [0.05, 0.1) is 12.5 Å². The number of thioether (sulfide) groups is 1. The van der Waals surface area contributed by atoms with E-state index in [2.05, 4.69) is 4.99 Å². The second-order valence-corrected chi connectivity index (χ2v) is 5.37. The van der Waals surface area contributed by atoms with Crippen molar-refractivity contribution in [3.05, 3.63) is 0 Å². The van der Waals surface area contributed by atoms with Gasteiger partial charge in [0.2, 0.25) is 0 Å². The summed E-state index contributed by atoms with van der Waals surface area (Å²) in [6.45, 7) is 0. The van der Waals surface area contributed by atoms with Gasteiger partial charge < -0.3 is 19.8 Å². The lowest BCUT2D eigenvalue weighted by molar-refractivity contribution is -0.150. The minimum atomic E-state index is -1.05. The SMILES string of the molecule is CN(C)C1=N[C@H]2[C@@H](O)[C@H](O)[C@@H](CC#N)O[C@H]2S1. The number of ether oxygens (including phenoxy) is 1. The molecule has 2 N–H and O–H groups in total. The van der Waals surface area contributed by atoms with Gasteiger partial charge in [-0.2, -0.15) is 5.26 Å². The largest absolute Gasteiger partial charge is 0.388 e. The third-order valence-electron chi connectivity index (χ3n) is 2.82. The van der Waals surface area contributed by atoms with E-state index in [1.807, 2.05) is 25.1 Å². The number of aliphatic hydroxyl groups is 2. The highest BCUT2D eigenvalue weighted by Gasteiger charge is 2.48. The van der Waals surface area contributed by atoms with Crippen LogP contribution in [0.25, 0.3) is 0 Å². The Morgan fingerprint density at radius 1 is 1.47 bits per heavy atom. The molecular weight excluding hydrogens is 242 g/mol. The zero-order valence-corrected chi connectivity index (χ0v) is 10.5. The molecule has 0 unspecified atom stereocenters. The minimum Gasteiger partial charge on any atom is -0.388 e. The normalized spacial score (nSPS) is 40.4. The van der Waals surface area contributed by atoms with Gasteiger partial charge in [0.15, 0.2) is 5.17 Å². The Balaban J connectivity index is 2.13. The third kappa shape index (κ3) is 2.26. The molecule has 7 heteroatoms. The average Bonchev–Trinajstić information content (AvgIpc) is 2.70.